The number of amides is 1. The van der Waals surface area contributed by atoms with Gasteiger partial charge in [-0.1, -0.05) is 30.3 Å². The second-order valence-corrected chi connectivity index (χ2v) is 9.18. The Kier molecular flexibility index (Phi) is 5.53. The molecule has 32 heavy (non-hydrogen) atoms. The number of rotatable bonds is 4. The van der Waals surface area contributed by atoms with Crippen molar-refractivity contribution in [3.8, 4) is 11.4 Å². The molecule has 1 amide bonds. The van der Waals surface area contributed by atoms with Gasteiger partial charge in [0.2, 0.25) is 5.91 Å². The number of hydrogen-bond acceptors (Lipinski definition) is 7. The molecule has 4 heterocycles. The fraction of sp³-hybridized carbons (Fsp3) is 0.292. The van der Waals surface area contributed by atoms with Crippen molar-refractivity contribution in [1.82, 2.24) is 24.8 Å². The Morgan fingerprint density at radius 2 is 1.97 bits per heavy atom. The lowest BCUT2D eigenvalue weighted by Crippen LogP contribution is -2.40. The Balaban J connectivity index is 1.39. The first-order valence-electron chi connectivity index (χ1n) is 10.7. The maximum atomic E-state index is 12.8. The quantitative estimate of drug-likeness (QED) is 0.511. The van der Waals surface area contributed by atoms with Gasteiger partial charge in [0.15, 0.2) is 11.5 Å². The first-order valence-corrected chi connectivity index (χ1v) is 11.6. The maximum Gasteiger partial charge on any atom is 0.228 e. The number of carbonyl (C=O) groups is 1. The first kappa shape index (κ1) is 20.5. The summed E-state index contributed by atoms with van der Waals surface area (Å²) in [5.41, 5.74) is 9.50. The van der Waals surface area contributed by atoms with E-state index < -0.39 is 0 Å². The highest BCUT2D eigenvalue weighted by atomic mass is 32.1. The predicted octanol–water partition coefficient (Wildman–Crippen LogP) is 3.99. The summed E-state index contributed by atoms with van der Waals surface area (Å²) in [4.78, 5) is 33.2. The minimum atomic E-state index is 0.124. The van der Waals surface area contributed by atoms with Crippen LogP contribution in [0.4, 0.5) is 5.82 Å². The third-order valence-corrected chi connectivity index (χ3v) is 6.66. The number of thiazole rings is 1. The Hall–Kier alpha value is -3.39. The van der Waals surface area contributed by atoms with Gasteiger partial charge in [-0.25, -0.2) is 19.9 Å². The number of piperidine rings is 1. The van der Waals surface area contributed by atoms with Crippen LogP contribution >= 0.6 is 11.3 Å². The number of aryl methyl sites for hydroxylation is 1. The van der Waals surface area contributed by atoms with Gasteiger partial charge in [0.25, 0.3) is 0 Å². The number of fused-ring (bicyclic) bond motifs is 1. The number of benzene rings is 1. The lowest BCUT2D eigenvalue weighted by Gasteiger charge is -2.32. The van der Waals surface area contributed by atoms with Crippen molar-refractivity contribution < 1.29 is 4.79 Å². The summed E-state index contributed by atoms with van der Waals surface area (Å²) in [7, 11) is 0. The van der Waals surface area contributed by atoms with Gasteiger partial charge in [-0.3, -0.25) is 4.79 Å². The molecule has 5 rings (SSSR count). The van der Waals surface area contributed by atoms with Gasteiger partial charge >= 0.3 is 0 Å². The molecule has 1 fully saturated rings. The van der Waals surface area contributed by atoms with Crippen LogP contribution in [0.5, 0.6) is 0 Å². The third-order valence-electron chi connectivity index (χ3n) is 5.83. The van der Waals surface area contributed by atoms with Gasteiger partial charge in [0, 0.05) is 35.6 Å². The summed E-state index contributed by atoms with van der Waals surface area (Å²) in [6, 6.07) is 13.7. The number of hydrogen-bond donors (Lipinski definition) is 1. The first-order chi connectivity index (χ1) is 15.6. The molecule has 0 radical (unpaired) electrons. The summed E-state index contributed by atoms with van der Waals surface area (Å²) >= 11 is 1.58. The number of nitrogen functional groups attached to an aromatic ring is 1. The second kappa shape index (κ2) is 8.63. The highest BCUT2D eigenvalue weighted by molar-refractivity contribution is 7.09. The molecule has 162 valence electrons. The molecule has 1 aliphatic heterocycles. The zero-order valence-corrected chi connectivity index (χ0v) is 18.7. The Labute approximate surface area is 190 Å². The molecular weight excluding hydrogens is 420 g/mol. The number of nitrogens with two attached hydrogens (primary N) is 1. The summed E-state index contributed by atoms with van der Waals surface area (Å²) in [5.74, 6) is 1.29. The van der Waals surface area contributed by atoms with Crippen LogP contribution in [0.1, 0.15) is 35.2 Å². The van der Waals surface area contributed by atoms with E-state index in [1.54, 1.807) is 11.3 Å². The van der Waals surface area contributed by atoms with Gasteiger partial charge in [0.1, 0.15) is 5.82 Å². The van der Waals surface area contributed by atoms with E-state index in [9.17, 15) is 4.79 Å². The van der Waals surface area contributed by atoms with Gasteiger partial charge in [-0.05, 0) is 31.9 Å². The summed E-state index contributed by atoms with van der Waals surface area (Å²) < 4.78 is 0. The van der Waals surface area contributed by atoms with Crippen LogP contribution in [0.15, 0.2) is 47.8 Å². The van der Waals surface area contributed by atoms with E-state index in [0.29, 0.717) is 30.3 Å². The SMILES string of the molecule is Cc1nc(CC(=O)N2CCC[C@H](c3ccc4c(N)nc(-c5ccccc5)nc4n3)C2)cs1. The van der Waals surface area contributed by atoms with Gasteiger partial charge < -0.3 is 10.6 Å². The molecule has 1 saturated heterocycles. The van der Waals surface area contributed by atoms with Crippen molar-refractivity contribution in [1.29, 1.82) is 0 Å². The topological polar surface area (TPSA) is 97.9 Å². The van der Waals surface area contributed by atoms with Crippen LogP contribution in [0, 0.1) is 6.92 Å². The largest absolute Gasteiger partial charge is 0.383 e. The average Bonchev–Trinajstić information content (AvgIpc) is 3.23. The van der Waals surface area contributed by atoms with Crippen LogP contribution in [-0.4, -0.2) is 43.8 Å². The molecule has 1 aliphatic rings. The molecular formula is C24H24N6OS. The zero-order chi connectivity index (χ0) is 22.1. The molecule has 8 heteroatoms. The molecule has 0 bridgehead atoms. The number of likely N-dealkylation sites (tertiary alicyclic amines) is 1. The van der Waals surface area contributed by atoms with Crippen molar-refractivity contribution >= 4 is 34.1 Å². The summed E-state index contributed by atoms with van der Waals surface area (Å²) in [5, 5.41) is 3.70. The predicted molar refractivity (Wildman–Crippen MR) is 126 cm³/mol. The number of aromatic nitrogens is 4. The molecule has 1 aromatic carbocycles. The lowest BCUT2D eigenvalue weighted by atomic mass is 9.93. The molecule has 0 unspecified atom stereocenters. The Morgan fingerprint density at radius 3 is 2.75 bits per heavy atom. The minimum absolute atomic E-state index is 0.124. The fourth-order valence-electron chi connectivity index (χ4n) is 4.19. The average molecular weight is 445 g/mol. The number of carbonyl (C=O) groups excluding carboxylic acids is 1. The van der Waals surface area contributed by atoms with Crippen molar-refractivity contribution in [3.05, 3.63) is 64.2 Å². The molecule has 3 aromatic heterocycles. The van der Waals surface area contributed by atoms with Crippen molar-refractivity contribution in [2.75, 3.05) is 18.8 Å². The third kappa shape index (κ3) is 4.18. The Morgan fingerprint density at radius 1 is 1.12 bits per heavy atom. The minimum Gasteiger partial charge on any atom is -0.383 e. The Bertz CT molecular complexity index is 1270. The molecule has 4 aromatic rings. The van der Waals surface area contributed by atoms with E-state index in [1.165, 1.54) is 0 Å². The molecule has 0 saturated carbocycles. The lowest BCUT2D eigenvalue weighted by molar-refractivity contribution is -0.131. The second-order valence-electron chi connectivity index (χ2n) is 8.12. The van der Waals surface area contributed by atoms with E-state index in [-0.39, 0.29) is 11.8 Å². The van der Waals surface area contributed by atoms with Crippen LogP contribution in [0.25, 0.3) is 22.4 Å². The van der Waals surface area contributed by atoms with Crippen LogP contribution < -0.4 is 5.73 Å². The van der Waals surface area contributed by atoms with Crippen LogP contribution in [-0.2, 0) is 11.2 Å². The number of anilines is 1. The molecule has 0 spiro atoms. The zero-order valence-electron chi connectivity index (χ0n) is 17.9. The van der Waals surface area contributed by atoms with Gasteiger partial charge in [-0.2, -0.15) is 0 Å². The van der Waals surface area contributed by atoms with Crippen molar-refractivity contribution in [2.24, 2.45) is 0 Å². The standard InChI is InChI=1S/C24H24N6OS/c1-15-26-18(14-32-15)12-21(31)30-11-5-8-17(13-30)20-10-9-19-22(25)28-23(29-24(19)27-20)16-6-3-2-4-7-16/h2-4,6-7,9-10,14,17H,5,8,11-13H2,1H3,(H2,25,27,28,29)/t17-/m0/s1. The van der Waals surface area contributed by atoms with Crippen molar-refractivity contribution in [2.45, 2.75) is 32.1 Å². The molecule has 0 aliphatic carbocycles. The van der Waals surface area contributed by atoms with E-state index in [0.717, 1.165) is 46.7 Å². The van der Waals surface area contributed by atoms with Crippen LogP contribution in [0.2, 0.25) is 0 Å². The van der Waals surface area contributed by atoms with E-state index in [1.807, 2.05) is 59.7 Å². The molecule has 2 N–H and O–H groups in total. The smallest absolute Gasteiger partial charge is 0.228 e. The fourth-order valence-corrected chi connectivity index (χ4v) is 4.81. The normalized spacial score (nSPS) is 16.4. The molecule has 1 atom stereocenters. The van der Waals surface area contributed by atoms with E-state index >= 15 is 0 Å². The maximum absolute atomic E-state index is 12.8. The molecule has 7 nitrogen and oxygen atoms in total. The monoisotopic (exact) mass is 444 g/mol. The van der Waals surface area contributed by atoms with Gasteiger partial charge in [-0.15, -0.1) is 11.3 Å². The van der Waals surface area contributed by atoms with E-state index in [2.05, 4.69) is 15.0 Å². The highest BCUT2D eigenvalue weighted by Crippen LogP contribution is 2.29. The van der Waals surface area contributed by atoms with E-state index in [4.69, 9.17) is 10.7 Å². The highest BCUT2D eigenvalue weighted by Gasteiger charge is 2.26. The van der Waals surface area contributed by atoms with Gasteiger partial charge in [0.05, 0.1) is 22.5 Å². The number of pyridine rings is 1. The summed E-state index contributed by atoms with van der Waals surface area (Å²) in [6.45, 7) is 3.40. The summed E-state index contributed by atoms with van der Waals surface area (Å²) in [6.07, 6.45) is 2.30. The van der Waals surface area contributed by atoms with Crippen LogP contribution in [0.3, 0.4) is 0 Å². The number of nitrogens with zero attached hydrogens (tertiary/aromatic N) is 5. The van der Waals surface area contributed by atoms with Crippen molar-refractivity contribution in [3.63, 3.8) is 0 Å².